The van der Waals surface area contributed by atoms with Crippen LogP contribution in [-0.2, 0) is 11.3 Å². The number of halogens is 1. The Morgan fingerprint density at radius 3 is 2.83 bits per heavy atom. The Kier molecular flexibility index (Phi) is 5.62. The van der Waals surface area contributed by atoms with Gasteiger partial charge in [0.2, 0.25) is 0 Å². The minimum Gasteiger partial charge on any atom is -0.409 e. The van der Waals surface area contributed by atoms with Gasteiger partial charge in [0.25, 0.3) is 0 Å². The molecule has 3 N–H and O–H groups in total. The lowest BCUT2D eigenvalue weighted by Gasteiger charge is -2.22. The third-order valence-electron chi connectivity index (χ3n) is 2.83. The summed E-state index contributed by atoms with van der Waals surface area (Å²) in [5, 5.41) is 11.7. The van der Waals surface area contributed by atoms with Crippen molar-refractivity contribution in [2.45, 2.75) is 26.9 Å². The molecule has 0 radical (unpaired) electrons. The third-order valence-corrected chi connectivity index (χ3v) is 3.32. The number of ether oxygens (including phenoxy) is 1. The minimum atomic E-state index is -0.355. The molecule has 1 aromatic rings. The van der Waals surface area contributed by atoms with E-state index >= 15 is 0 Å². The molecule has 1 rings (SSSR count). The molecule has 100 valence electrons. The zero-order chi connectivity index (χ0) is 13.6. The molecule has 0 aliphatic carbocycles. The second kappa shape index (κ2) is 6.75. The molecule has 0 aliphatic heterocycles. The van der Waals surface area contributed by atoms with Gasteiger partial charge in [0.15, 0.2) is 0 Å². The quantitative estimate of drug-likeness (QED) is 0.279. The van der Waals surface area contributed by atoms with Crippen molar-refractivity contribution >= 4 is 21.8 Å². The van der Waals surface area contributed by atoms with E-state index < -0.39 is 0 Å². The van der Waals surface area contributed by atoms with Crippen molar-refractivity contribution in [3.05, 3.63) is 34.3 Å². The summed E-state index contributed by atoms with van der Waals surface area (Å²) in [6.07, 6.45) is 0.705. The van der Waals surface area contributed by atoms with Crippen molar-refractivity contribution in [2.75, 3.05) is 6.61 Å². The minimum absolute atomic E-state index is 0.230. The number of nitrogens with zero attached hydrogens (tertiary/aromatic N) is 1. The summed E-state index contributed by atoms with van der Waals surface area (Å²) in [5.41, 5.74) is 6.36. The maximum absolute atomic E-state index is 8.65. The molecule has 0 unspecified atom stereocenters. The van der Waals surface area contributed by atoms with Crippen molar-refractivity contribution < 1.29 is 9.94 Å². The van der Waals surface area contributed by atoms with E-state index in [2.05, 4.69) is 21.1 Å². The zero-order valence-corrected chi connectivity index (χ0v) is 12.3. The highest BCUT2D eigenvalue weighted by molar-refractivity contribution is 9.10. The van der Waals surface area contributed by atoms with Crippen molar-refractivity contribution in [1.29, 1.82) is 0 Å². The van der Waals surface area contributed by atoms with E-state index in [0.29, 0.717) is 19.6 Å². The zero-order valence-electron chi connectivity index (χ0n) is 10.7. The van der Waals surface area contributed by atoms with Crippen LogP contribution in [0.5, 0.6) is 0 Å². The molecule has 0 fully saturated rings. The van der Waals surface area contributed by atoms with Crippen LogP contribution in [0.25, 0.3) is 0 Å². The fourth-order valence-corrected chi connectivity index (χ4v) is 1.85. The normalized spacial score (nSPS) is 12.7. The lowest BCUT2D eigenvalue weighted by molar-refractivity contribution is 0.103. The second-order valence-corrected chi connectivity index (χ2v) is 5.72. The SMILES string of the molecule is CC(C)(CCOCc1cccc(Br)c1)/C(N)=N/O. The van der Waals surface area contributed by atoms with E-state index in [1.165, 1.54) is 0 Å². The number of benzene rings is 1. The topological polar surface area (TPSA) is 67.8 Å². The number of hydrogen-bond donors (Lipinski definition) is 2. The van der Waals surface area contributed by atoms with Crippen LogP contribution in [0.15, 0.2) is 33.9 Å². The maximum Gasteiger partial charge on any atom is 0.144 e. The molecule has 5 heteroatoms. The van der Waals surface area contributed by atoms with Crippen molar-refractivity contribution in [3.8, 4) is 0 Å². The first-order chi connectivity index (χ1) is 8.45. The van der Waals surface area contributed by atoms with Crippen LogP contribution in [0.4, 0.5) is 0 Å². The highest BCUT2D eigenvalue weighted by Crippen LogP contribution is 2.20. The van der Waals surface area contributed by atoms with Gasteiger partial charge >= 0.3 is 0 Å². The van der Waals surface area contributed by atoms with Gasteiger partial charge in [-0.05, 0) is 24.1 Å². The molecular weight excluding hydrogens is 296 g/mol. The highest BCUT2D eigenvalue weighted by atomic mass is 79.9. The number of nitrogens with two attached hydrogens (primary N) is 1. The summed E-state index contributed by atoms with van der Waals surface area (Å²) in [5.74, 6) is 0.230. The van der Waals surface area contributed by atoms with Gasteiger partial charge in [-0.25, -0.2) is 0 Å². The fraction of sp³-hybridized carbons (Fsp3) is 0.462. The summed E-state index contributed by atoms with van der Waals surface area (Å²) >= 11 is 3.42. The second-order valence-electron chi connectivity index (χ2n) is 4.80. The molecule has 0 saturated heterocycles. The summed E-state index contributed by atoms with van der Waals surface area (Å²) in [6.45, 7) is 4.97. The molecule has 0 spiro atoms. The molecular formula is C13H19BrN2O2. The first-order valence-electron chi connectivity index (χ1n) is 5.76. The smallest absolute Gasteiger partial charge is 0.144 e. The molecule has 0 atom stereocenters. The molecule has 0 bridgehead atoms. The Bertz CT molecular complexity index is 419. The maximum atomic E-state index is 8.65. The Hall–Kier alpha value is -1.07. The third kappa shape index (κ3) is 4.66. The average Bonchev–Trinajstić information content (AvgIpc) is 2.33. The number of oxime groups is 1. The monoisotopic (exact) mass is 314 g/mol. The molecule has 1 aromatic carbocycles. The molecule has 0 amide bonds. The van der Waals surface area contributed by atoms with E-state index in [1.54, 1.807) is 0 Å². The van der Waals surface area contributed by atoms with E-state index in [4.69, 9.17) is 15.7 Å². The number of hydrogen-bond acceptors (Lipinski definition) is 3. The molecule has 0 heterocycles. The van der Waals surface area contributed by atoms with E-state index in [9.17, 15) is 0 Å². The Balaban J connectivity index is 2.35. The van der Waals surface area contributed by atoms with Crippen LogP contribution in [0.2, 0.25) is 0 Å². The predicted octanol–water partition coefficient (Wildman–Crippen LogP) is 3.13. The van der Waals surface area contributed by atoms with Gasteiger partial charge in [-0.3, -0.25) is 0 Å². The van der Waals surface area contributed by atoms with E-state index in [0.717, 1.165) is 10.0 Å². The summed E-state index contributed by atoms with van der Waals surface area (Å²) in [4.78, 5) is 0. The van der Waals surface area contributed by atoms with Crippen LogP contribution < -0.4 is 5.73 Å². The van der Waals surface area contributed by atoms with Gasteiger partial charge in [-0.1, -0.05) is 47.1 Å². The lowest BCUT2D eigenvalue weighted by Crippen LogP contribution is -2.33. The van der Waals surface area contributed by atoms with E-state index in [1.807, 2.05) is 38.1 Å². The van der Waals surface area contributed by atoms with Crippen LogP contribution in [0, 0.1) is 5.41 Å². The molecule has 18 heavy (non-hydrogen) atoms. The first-order valence-corrected chi connectivity index (χ1v) is 6.55. The van der Waals surface area contributed by atoms with Gasteiger partial charge in [-0.15, -0.1) is 0 Å². The van der Waals surface area contributed by atoms with Crippen molar-refractivity contribution in [3.63, 3.8) is 0 Å². The van der Waals surface area contributed by atoms with Gasteiger partial charge in [-0.2, -0.15) is 0 Å². The van der Waals surface area contributed by atoms with Gasteiger partial charge in [0, 0.05) is 16.5 Å². The summed E-state index contributed by atoms with van der Waals surface area (Å²) in [7, 11) is 0. The molecule has 0 aliphatic rings. The first kappa shape index (κ1) is 15.0. The largest absolute Gasteiger partial charge is 0.409 e. The van der Waals surface area contributed by atoms with Gasteiger partial charge in [0.05, 0.1) is 6.61 Å². The molecule has 0 saturated carbocycles. The highest BCUT2D eigenvalue weighted by Gasteiger charge is 2.23. The fourth-order valence-electron chi connectivity index (χ4n) is 1.41. The summed E-state index contributed by atoms with van der Waals surface area (Å²) < 4.78 is 6.63. The Morgan fingerprint density at radius 2 is 2.22 bits per heavy atom. The molecule has 4 nitrogen and oxygen atoms in total. The number of amidine groups is 1. The Morgan fingerprint density at radius 1 is 1.50 bits per heavy atom. The van der Waals surface area contributed by atoms with E-state index in [-0.39, 0.29) is 11.3 Å². The predicted molar refractivity (Wildman–Crippen MR) is 75.6 cm³/mol. The van der Waals surface area contributed by atoms with Gasteiger partial charge in [0.1, 0.15) is 5.84 Å². The number of rotatable bonds is 6. The van der Waals surface area contributed by atoms with Crippen molar-refractivity contribution in [2.24, 2.45) is 16.3 Å². The molecule has 0 aromatic heterocycles. The average molecular weight is 315 g/mol. The summed E-state index contributed by atoms with van der Waals surface area (Å²) in [6, 6.07) is 7.99. The lowest BCUT2D eigenvalue weighted by atomic mass is 9.88. The van der Waals surface area contributed by atoms with Crippen molar-refractivity contribution in [1.82, 2.24) is 0 Å². The standard InChI is InChI=1S/C13H19BrN2O2/c1-13(2,12(15)16-17)6-7-18-9-10-4-3-5-11(14)8-10/h3-5,8,17H,6-7,9H2,1-2H3,(H2,15,16). The van der Waals surface area contributed by atoms with Gasteiger partial charge < -0.3 is 15.7 Å². The van der Waals surface area contributed by atoms with Crippen LogP contribution in [-0.4, -0.2) is 17.6 Å². The van der Waals surface area contributed by atoms with Crippen LogP contribution in [0.1, 0.15) is 25.8 Å². The van der Waals surface area contributed by atoms with Crippen LogP contribution in [0.3, 0.4) is 0 Å². The van der Waals surface area contributed by atoms with Crippen LogP contribution >= 0.6 is 15.9 Å². The Labute approximate surface area is 116 Å².